The molecule has 0 unspecified atom stereocenters. The van der Waals surface area contributed by atoms with E-state index in [9.17, 15) is 4.79 Å². The second-order valence-corrected chi connectivity index (χ2v) is 4.66. The van der Waals surface area contributed by atoms with E-state index in [1.165, 1.54) is 7.11 Å². The molecular weight excluding hydrogens is 276 g/mol. The molecule has 0 aliphatic carbocycles. The molecule has 1 heterocycles. The molecule has 0 radical (unpaired) electrons. The lowest BCUT2D eigenvalue weighted by atomic mass is 10.2. The highest BCUT2D eigenvalue weighted by molar-refractivity contribution is 6.30. The Morgan fingerprint density at radius 3 is 2.50 bits per heavy atom. The standard InChI is InChI=1S/C15H11ClN2O2/c1-20-14-15(19)18(11-8-6-10(16)7-9-11)13-5-3-2-4-12(13)17-14/h2-9H,1H3. The number of para-hydroxylation sites is 2. The lowest BCUT2D eigenvalue weighted by molar-refractivity contribution is 0.391. The number of hydrogen-bond acceptors (Lipinski definition) is 3. The molecular formula is C15H11ClN2O2. The molecule has 0 bridgehead atoms. The molecule has 0 spiro atoms. The molecule has 0 saturated heterocycles. The summed E-state index contributed by atoms with van der Waals surface area (Å²) in [6, 6.07) is 14.5. The van der Waals surface area contributed by atoms with Gasteiger partial charge < -0.3 is 4.74 Å². The van der Waals surface area contributed by atoms with Crippen LogP contribution in [0, 0.1) is 0 Å². The molecule has 0 aliphatic heterocycles. The third-order valence-corrected chi connectivity index (χ3v) is 3.26. The van der Waals surface area contributed by atoms with Gasteiger partial charge in [0, 0.05) is 10.7 Å². The Labute approximate surface area is 120 Å². The summed E-state index contributed by atoms with van der Waals surface area (Å²) < 4.78 is 6.64. The number of benzene rings is 2. The number of nitrogens with zero attached hydrogens (tertiary/aromatic N) is 2. The summed E-state index contributed by atoms with van der Waals surface area (Å²) in [5.74, 6) is 0.0682. The van der Waals surface area contributed by atoms with Crippen molar-refractivity contribution in [2.24, 2.45) is 0 Å². The predicted octanol–water partition coefficient (Wildman–Crippen LogP) is 3.05. The van der Waals surface area contributed by atoms with E-state index in [2.05, 4.69) is 4.98 Å². The summed E-state index contributed by atoms with van der Waals surface area (Å²) in [5, 5.41) is 0.618. The van der Waals surface area contributed by atoms with Crippen molar-refractivity contribution in [3.05, 3.63) is 63.9 Å². The number of halogens is 1. The fraction of sp³-hybridized carbons (Fsp3) is 0.0667. The van der Waals surface area contributed by atoms with Crippen molar-refractivity contribution in [3.8, 4) is 11.6 Å². The maximum absolute atomic E-state index is 12.4. The molecule has 1 aromatic heterocycles. The lowest BCUT2D eigenvalue weighted by Crippen LogP contribution is -2.21. The van der Waals surface area contributed by atoms with E-state index < -0.39 is 0 Å². The maximum Gasteiger partial charge on any atom is 0.318 e. The molecule has 100 valence electrons. The number of hydrogen-bond donors (Lipinski definition) is 0. The minimum absolute atomic E-state index is 0.0682. The van der Waals surface area contributed by atoms with Crippen molar-refractivity contribution >= 4 is 22.6 Å². The van der Waals surface area contributed by atoms with Crippen LogP contribution in [0.5, 0.6) is 5.88 Å². The minimum atomic E-state index is -0.298. The van der Waals surface area contributed by atoms with Crippen molar-refractivity contribution in [2.45, 2.75) is 0 Å². The van der Waals surface area contributed by atoms with Gasteiger partial charge in [-0.25, -0.2) is 4.98 Å². The molecule has 3 rings (SSSR count). The van der Waals surface area contributed by atoms with Gasteiger partial charge >= 0.3 is 5.56 Å². The average molecular weight is 287 g/mol. The van der Waals surface area contributed by atoms with Crippen LogP contribution in [0.15, 0.2) is 53.3 Å². The van der Waals surface area contributed by atoms with Crippen LogP contribution in [0.3, 0.4) is 0 Å². The Balaban J connectivity index is 2.40. The fourth-order valence-corrected chi connectivity index (χ4v) is 2.22. The van der Waals surface area contributed by atoms with Gasteiger partial charge in [-0.05, 0) is 36.4 Å². The highest BCUT2D eigenvalue weighted by Crippen LogP contribution is 2.19. The summed E-state index contributed by atoms with van der Waals surface area (Å²) >= 11 is 5.89. The number of methoxy groups -OCH3 is 1. The van der Waals surface area contributed by atoms with Gasteiger partial charge in [-0.3, -0.25) is 9.36 Å². The summed E-state index contributed by atoms with van der Waals surface area (Å²) in [6.45, 7) is 0. The number of aromatic nitrogens is 2. The van der Waals surface area contributed by atoms with Crippen molar-refractivity contribution in [1.82, 2.24) is 9.55 Å². The number of fused-ring (bicyclic) bond motifs is 1. The van der Waals surface area contributed by atoms with Crippen LogP contribution in [0.25, 0.3) is 16.7 Å². The Morgan fingerprint density at radius 1 is 1.10 bits per heavy atom. The minimum Gasteiger partial charge on any atom is -0.477 e. The van der Waals surface area contributed by atoms with E-state index in [4.69, 9.17) is 16.3 Å². The molecule has 4 nitrogen and oxygen atoms in total. The van der Waals surface area contributed by atoms with Crippen LogP contribution in [-0.4, -0.2) is 16.7 Å². The molecule has 5 heteroatoms. The summed E-state index contributed by atoms with van der Waals surface area (Å²) in [6.07, 6.45) is 0. The Kier molecular flexibility index (Phi) is 3.16. The largest absolute Gasteiger partial charge is 0.477 e. The molecule has 0 saturated carbocycles. The third kappa shape index (κ3) is 2.04. The van der Waals surface area contributed by atoms with Gasteiger partial charge in [0.1, 0.15) is 0 Å². The molecule has 0 fully saturated rings. The second kappa shape index (κ2) is 4.98. The SMILES string of the molecule is COc1nc2ccccc2n(-c2ccc(Cl)cc2)c1=O. The van der Waals surface area contributed by atoms with E-state index in [1.54, 1.807) is 28.8 Å². The van der Waals surface area contributed by atoms with Crippen molar-refractivity contribution < 1.29 is 4.74 Å². The van der Waals surface area contributed by atoms with Gasteiger partial charge in [0.05, 0.1) is 18.1 Å². The Bertz CT molecular complexity index is 825. The number of rotatable bonds is 2. The predicted molar refractivity (Wildman–Crippen MR) is 78.9 cm³/mol. The Morgan fingerprint density at radius 2 is 1.80 bits per heavy atom. The normalized spacial score (nSPS) is 10.7. The molecule has 2 aromatic carbocycles. The van der Waals surface area contributed by atoms with Crippen LogP contribution in [0.4, 0.5) is 0 Å². The zero-order valence-electron chi connectivity index (χ0n) is 10.7. The quantitative estimate of drug-likeness (QED) is 0.727. The van der Waals surface area contributed by atoms with E-state index in [0.717, 1.165) is 11.2 Å². The molecule has 3 aromatic rings. The second-order valence-electron chi connectivity index (χ2n) is 4.23. The van der Waals surface area contributed by atoms with Gasteiger partial charge in [-0.2, -0.15) is 0 Å². The monoisotopic (exact) mass is 286 g/mol. The van der Waals surface area contributed by atoms with Crippen LogP contribution in [0.2, 0.25) is 5.02 Å². The average Bonchev–Trinajstić information content (AvgIpc) is 2.48. The van der Waals surface area contributed by atoms with Gasteiger partial charge in [0.2, 0.25) is 0 Å². The molecule has 0 N–H and O–H groups in total. The van der Waals surface area contributed by atoms with E-state index in [-0.39, 0.29) is 11.4 Å². The van der Waals surface area contributed by atoms with Crippen LogP contribution < -0.4 is 10.3 Å². The molecule has 0 amide bonds. The highest BCUT2D eigenvalue weighted by Gasteiger charge is 2.12. The molecule has 0 atom stereocenters. The topological polar surface area (TPSA) is 44.1 Å². The summed E-state index contributed by atoms with van der Waals surface area (Å²) in [4.78, 5) is 16.7. The van der Waals surface area contributed by atoms with Crippen LogP contribution >= 0.6 is 11.6 Å². The zero-order valence-corrected chi connectivity index (χ0v) is 11.5. The zero-order chi connectivity index (χ0) is 14.1. The first-order chi connectivity index (χ1) is 9.70. The van der Waals surface area contributed by atoms with Gasteiger partial charge in [0.25, 0.3) is 5.88 Å². The molecule has 20 heavy (non-hydrogen) atoms. The van der Waals surface area contributed by atoms with Crippen LogP contribution in [0.1, 0.15) is 0 Å². The van der Waals surface area contributed by atoms with Crippen LogP contribution in [-0.2, 0) is 0 Å². The van der Waals surface area contributed by atoms with Crippen molar-refractivity contribution in [3.63, 3.8) is 0 Å². The first-order valence-electron chi connectivity index (χ1n) is 6.02. The Hall–Kier alpha value is -2.33. The van der Waals surface area contributed by atoms with Crippen molar-refractivity contribution in [1.29, 1.82) is 0 Å². The van der Waals surface area contributed by atoms with Gasteiger partial charge in [-0.1, -0.05) is 23.7 Å². The van der Waals surface area contributed by atoms with E-state index >= 15 is 0 Å². The first kappa shape index (κ1) is 12.7. The van der Waals surface area contributed by atoms with E-state index in [1.807, 2.05) is 24.3 Å². The van der Waals surface area contributed by atoms with Gasteiger partial charge in [-0.15, -0.1) is 0 Å². The molecule has 0 aliphatic rings. The third-order valence-electron chi connectivity index (χ3n) is 3.01. The first-order valence-corrected chi connectivity index (χ1v) is 6.40. The smallest absolute Gasteiger partial charge is 0.318 e. The highest BCUT2D eigenvalue weighted by atomic mass is 35.5. The number of ether oxygens (including phenoxy) is 1. The summed E-state index contributed by atoms with van der Waals surface area (Å²) in [5.41, 5.74) is 1.84. The lowest BCUT2D eigenvalue weighted by Gasteiger charge is -2.11. The van der Waals surface area contributed by atoms with E-state index in [0.29, 0.717) is 10.5 Å². The van der Waals surface area contributed by atoms with Crippen molar-refractivity contribution in [2.75, 3.05) is 7.11 Å². The maximum atomic E-state index is 12.4. The summed E-state index contributed by atoms with van der Waals surface area (Å²) in [7, 11) is 1.44. The van der Waals surface area contributed by atoms with Gasteiger partial charge in [0.15, 0.2) is 0 Å². The fourth-order valence-electron chi connectivity index (χ4n) is 2.09.